The molecule has 6 nitrogen and oxygen atoms in total. The molecule has 3 rings (SSSR count). The van der Waals surface area contributed by atoms with Gasteiger partial charge in [-0.05, 0) is 43.9 Å². The summed E-state index contributed by atoms with van der Waals surface area (Å²) in [4.78, 5) is 25.4. The lowest BCUT2D eigenvalue weighted by atomic mass is 10.1. The molecular weight excluding hydrogens is 351 g/mol. The molecule has 1 aliphatic heterocycles. The van der Waals surface area contributed by atoms with Crippen molar-refractivity contribution in [2.75, 3.05) is 24.6 Å². The molecule has 1 heterocycles. The number of carbonyl (C=O) groups excluding carboxylic acids is 2. The predicted molar refractivity (Wildman–Crippen MR) is 98.7 cm³/mol. The first kappa shape index (κ1) is 19.6. The fraction of sp³-hybridized carbons (Fsp3) is 0.600. The molecule has 1 amide bonds. The molecule has 1 saturated carbocycles. The zero-order valence-corrected chi connectivity index (χ0v) is 16.0. The molecule has 148 valence electrons. The fourth-order valence-corrected chi connectivity index (χ4v) is 3.44. The second-order valence-corrected chi connectivity index (χ2v) is 7.65. The molecule has 1 aromatic carbocycles. The average Bonchev–Trinajstić information content (AvgIpc) is 3.34. The van der Waals surface area contributed by atoms with E-state index in [-0.39, 0.29) is 43.1 Å². The molecule has 1 N–H and O–H groups in total. The number of amides is 1. The van der Waals surface area contributed by atoms with Gasteiger partial charge in [-0.3, -0.25) is 9.59 Å². The van der Waals surface area contributed by atoms with Gasteiger partial charge >= 0.3 is 5.97 Å². The number of hydrogen-bond donors (Lipinski definition) is 1. The third kappa shape index (κ3) is 5.19. The minimum Gasteiger partial charge on any atom is -0.455 e. The van der Waals surface area contributed by atoms with Crippen LogP contribution in [0.25, 0.3) is 0 Å². The standard InChI is InChI=1S/C20H27FN2O4/c1-12-6-16(12)20(25)26-11-19(24)22-8-15-4-5-18(17(21)7-15)23-9-13(2)27-14(3)10-23/h4-5,7,12-14,16H,6,8-11H2,1-3H3,(H,22,24)/t12-,13-,14+,16+/m0/s1. The van der Waals surface area contributed by atoms with Crippen LogP contribution in [0.2, 0.25) is 0 Å². The second-order valence-electron chi connectivity index (χ2n) is 7.65. The number of carbonyl (C=O) groups is 2. The van der Waals surface area contributed by atoms with E-state index in [0.717, 1.165) is 6.42 Å². The first-order valence-electron chi connectivity index (χ1n) is 9.45. The van der Waals surface area contributed by atoms with E-state index < -0.39 is 5.91 Å². The van der Waals surface area contributed by atoms with Crippen LogP contribution in [0.15, 0.2) is 18.2 Å². The van der Waals surface area contributed by atoms with Crippen LogP contribution in [0.4, 0.5) is 10.1 Å². The normalized spacial score (nSPS) is 27.2. The lowest BCUT2D eigenvalue weighted by Crippen LogP contribution is -2.45. The summed E-state index contributed by atoms with van der Waals surface area (Å²) in [5, 5.41) is 2.65. The maximum absolute atomic E-state index is 14.5. The van der Waals surface area contributed by atoms with Gasteiger partial charge in [0.2, 0.25) is 0 Å². The van der Waals surface area contributed by atoms with Gasteiger partial charge in [0.25, 0.3) is 5.91 Å². The van der Waals surface area contributed by atoms with E-state index in [1.54, 1.807) is 12.1 Å². The lowest BCUT2D eigenvalue weighted by Gasteiger charge is -2.37. The number of anilines is 1. The Kier molecular flexibility index (Phi) is 5.99. The molecule has 0 aromatic heterocycles. The number of nitrogens with zero attached hydrogens (tertiary/aromatic N) is 1. The fourth-order valence-electron chi connectivity index (χ4n) is 3.44. The van der Waals surface area contributed by atoms with E-state index in [0.29, 0.717) is 30.3 Å². The van der Waals surface area contributed by atoms with Crippen LogP contribution in [0.5, 0.6) is 0 Å². The smallest absolute Gasteiger partial charge is 0.309 e. The average molecular weight is 378 g/mol. The summed E-state index contributed by atoms with van der Waals surface area (Å²) >= 11 is 0. The zero-order valence-electron chi connectivity index (χ0n) is 16.0. The van der Waals surface area contributed by atoms with Crippen molar-refractivity contribution in [2.45, 2.75) is 45.9 Å². The highest BCUT2D eigenvalue weighted by Gasteiger charge is 2.40. The lowest BCUT2D eigenvalue weighted by molar-refractivity contribution is -0.150. The Bertz CT molecular complexity index is 701. The van der Waals surface area contributed by atoms with E-state index in [1.807, 2.05) is 25.7 Å². The third-order valence-electron chi connectivity index (χ3n) is 5.02. The van der Waals surface area contributed by atoms with Crippen molar-refractivity contribution >= 4 is 17.6 Å². The van der Waals surface area contributed by atoms with E-state index in [9.17, 15) is 14.0 Å². The van der Waals surface area contributed by atoms with Gasteiger partial charge in [0, 0.05) is 19.6 Å². The minimum absolute atomic E-state index is 0.0495. The molecule has 0 radical (unpaired) electrons. The van der Waals surface area contributed by atoms with Gasteiger partial charge in [-0.1, -0.05) is 13.0 Å². The molecule has 0 bridgehead atoms. The van der Waals surface area contributed by atoms with E-state index in [4.69, 9.17) is 9.47 Å². The molecule has 2 aliphatic rings. The van der Waals surface area contributed by atoms with Crippen LogP contribution >= 0.6 is 0 Å². The first-order valence-corrected chi connectivity index (χ1v) is 9.45. The first-order chi connectivity index (χ1) is 12.8. The topological polar surface area (TPSA) is 67.9 Å². The zero-order chi connectivity index (χ0) is 19.6. The van der Waals surface area contributed by atoms with Crippen LogP contribution in [-0.4, -0.2) is 43.8 Å². The minimum atomic E-state index is -0.392. The Hall–Kier alpha value is -2.15. The number of halogens is 1. The Morgan fingerprint density at radius 3 is 2.52 bits per heavy atom. The number of morpholine rings is 1. The maximum Gasteiger partial charge on any atom is 0.309 e. The molecule has 4 atom stereocenters. The van der Waals surface area contributed by atoms with Crippen molar-refractivity contribution in [1.82, 2.24) is 5.32 Å². The van der Waals surface area contributed by atoms with Crippen LogP contribution in [0.1, 0.15) is 32.8 Å². The largest absolute Gasteiger partial charge is 0.455 e. The number of rotatable bonds is 6. The van der Waals surface area contributed by atoms with Crippen molar-refractivity contribution < 1.29 is 23.5 Å². The van der Waals surface area contributed by atoms with Gasteiger partial charge in [-0.2, -0.15) is 0 Å². The summed E-state index contributed by atoms with van der Waals surface area (Å²) in [6.45, 7) is 7.09. The van der Waals surface area contributed by atoms with E-state index >= 15 is 0 Å². The SMILES string of the molecule is C[C@@H]1CN(c2ccc(CNC(=O)COC(=O)[C@@H]3C[C@@H]3C)cc2F)C[C@H](C)O1. The van der Waals surface area contributed by atoms with Gasteiger partial charge in [0.15, 0.2) is 6.61 Å². The van der Waals surface area contributed by atoms with Gasteiger partial charge in [-0.15, -0.1) is 0 Å². The number of nitrogens with one attached hydrogen (secondary N) is 1. The number of esters is 1. The van der Waals surface area contributed by atoms with E-state index in [1.165, 1.54) is 6.07 Å². The van der Waals surface area contributed by atoms with Crippen molar-refractivity contribution in [3.05, 3.63) is 29.6 Å². The summed E-state index contributed by atoms with van der Waals surface area (Å²) in [5.74, 6) is -0.749. The van der Waals surface area contributed by atoms with Crippen molar-refractivity contribution in [3.63, 3.8) is 0 Å². The Morgan fingerprint density at radius 2 is 1.93 bits per heavy atom. The molecule has 2 fully saturated rings. The van der Waals surface area contributed by atoms with Crippen LogP contribution in [0, 0.1) is 17.7 Å². The highest BCUT2D eigenvalue weighted by atomic mass is 19.1. The Morgan fingerprint density at radius 1 is 1.26 bits per heavy atom. The van der Waals surface area contributed by atoms with Crippen molar-refractivity contribution in [2.24, 2.45) is 11.8 Å². The summed E-state index contributed by atoms with van der Waals surface area (Å²) in [6, 6.07) is 4.95. The van der Waals surface area contributed by atoms with E-state index in [2.05, 4.69) is 5.32 Å². The summed E-state index contributed by atoms with van der Waals surface area (Å²) < 4.78 is 25.2. The van der Waals surface area contributed by atoms with Gasteiger partial charge in [0.1, 0.15) is 5.82 Å². The van der Waals surface area contributed by atoms with Gasteiger partial charge in [0.05, 0.1) is 23.8 Å². The molecule has 27 heavy (non-hydrogen) atoms. The van der Waals surface area contributed by atoms with Gasteiger partial charge in [-0.25, -0.2) is 4.39 Å². The summed E-state index contributed by atoms with van der Waals surface area (Å²) in [7, 11) is 0. The van der Waals surface area contributed by atoms with Crippen LogP contribution < -0.4 is 10.2 Å². The molecule has 1 aromatic rings. The highest BCUT2D eigenvalue weighted by Crippen LogP contribution is 2.38. The quantitative estimate of drug-likeness (QED) is 0.769. The molecule has 7 heteroatoms. The summed E-state index contributed by atoms with van der Waals surface area (Å²) in [6.07, 6.45) is 0.925. The Balaban J connectivity index is 1.48. The van der Waals surface area contributed by atoms with Crippen molar-refractivity contribution in [1.29, 1.82) is 0 Å². The number of hydrogen-bond acceptors (Lipinski definition) is 5. The predicted octanol–water partition coefficient (Wildman–Crippen LogP) is 2.25. The maximum atomic E-state index is 14.5. The molecule has 0 unspecified atom stereocenters. The Labute approximate surface area is 159 Å². The monoisotopic (exact) mass is 378 g/mol. The molecule has 1 saturated heterocycles. The third-order valence-corrected chi connectivity index (χ3v) is 5.02. The summed E-state index contributed by atoms with van der Waals surface area (Å²) in [5.41, 5.74) is 1.20. The number of benzene rings is 1. The number of ether oxygens (including phenoxy) is 2. The van der Waals surface area contributed by atoms with Crippen LogP contribution in [-0.2, 0) is 25.6 Å². The second kappa shape index (κ2) is 8.25. The molecular formula is C20H27FN2O4. The van der Waals surface area contributed by atoms with Crippen molar-refractivity contribution in [3.8, 4) is 0 Å². The highest BCUT2D eigenvalue weighted by molar-refractivity contribution is 5.82. The molecule has 1 aliphatic carbocycles. The molecule has 0 spiro atoms. The van der Waals surface area contributed by atoms with Crippen LogP contribution in [0.3, 0.4) is 0 Å². The van der Waals surface area contributed by atoms with Gasteiger partial charge < -0.3 is 19.7 Å².